The molecule has 3 rings (SSSR count). The number of hydrogen-bond donors (Lipinski definition) is 1. The highest BCUT2D eigenvalue weighted by Crippen LogP contribution is 2.25. The van der Waals surface area contributed by atoms with Crippen molar-refractivity contribution in [1.82, 2.24) is 19.5 Å². The van der Waals surface area contributed by atoms with Gasteiger partial charge in [0.15, 0.2) is 0 Å². The first kappa shape index (κ1) is 14.6. The molecular formula is C13H12FN5O2S. The lowest BCUT2D eigenvalue weighted by molar-refractivity contribution is 0.400. The van der Waals surface area contributed by atoms with Crippen LogP contribution in [0, 0.1) is 17.1 Å². The number of nitrogens with one attached hydrogen (secondary N) is 1. The summed E-state index contributed by atoms with van der Waals surface area (Å²) in [5.74, 6) is -0.122. The smallest absolute Gasteiger partial charge is 0.242 e. The van der Waals surface area contributed by atoms with Crippen LogP contribution in [0.4, 0.5) is 4.39 Å². The van der Waals surface area contributed by atoms with Gasteiger partial charge in [0.25, 0.3) is 0 Å². The summed E-state index contributed by atoms with van der Waals surface area (Å²) in [7, 11) is -3.96. The second-order valence-corrected chi connectivity index (χ2v) is 6.59. The van der Waals surface area contributed by atoms with E-state index in [1.807, 2.05) is 0 Å². The van der Waals surface area contributed by atoms with Crippen LogP contribution in [0.25, 0.3) is 0 Å². The van der Waals surface area contributed by atoms with E-state index in [2.05, 4.69) is 14.8 Å². The second-order valence-electron chi connectivity index (χ2n) is 4.91. The van der Waals surface area contributed by atoms with Crippen LogP contribution in [-0.4, -0.2) is 23.2 Å². The summed E-state index contributed by atoms with van der Waals surface area (Å²) >= 11 is 0. The summed E-state index contributed by atoms with van der Waals surface area (Å²) in [6.07, 6.45) is 2.72. The molecule has 0 saturated carbocycles. The second kappa shape index (κ2) is 5.47. The molecule has 0 radical (unpaired) electrons. The molecule has 1 aliphatic rings. The number of halogens is 1. The minimum absolute atomic E-state index is 0.232. The molecule has 1 N–H and O–H groups in total. The van der Waals surface area contributed by atoms with Crippen LogP contribution in [0.1, 0.15) is 30.3 Å². The highest BCUT2D eigenvalue weighted by molar-refractivity contribution is 7.89. The maximum atomic E-state index is 13.1. The lowest BCUT2D eigenvalue weighted by Crippen LogP contribution is -2.33. The third kappa shape index (κ3) is 2.58. The number of aromatic nitrogens is 3. The molecule has 0 aliphatic carbocycles. The van der Waals surface area contributed by atoms with Gasteiger partial charge in [0.2, 0.25) is 10.0 Å². The maximum absolute atomic E-state index is 13.1. The average Bonchev–Trinajstić information content (AvgIpc) is 2.96. The van der Waals surface area contributed by atoms with Crippen molar-refractivity contribution in [3.63, 3.8) is 0 Å². The highest BCUT2D eigenvalue weighted by Gasteiger charge is 2.29. The van der Waals surface area contributed by atoms with Crippen LogP contribution in [0.3, 0.4) is 0 Å². The molecule has 1 aromatic heterocycles. The lowest BCUT2D eigenvalue weighted by atomic mass is 10.1. The van der Waals surface area contributed by atoms with Crippen molar-refractivity contribution in [2.45, 2.75) is 30.3 Å². The van der Waals surface area contributed by atoms with Gasteiger partial charge >= 0.3 is 0 Å². The van der Waals surface area contributed by atoms with E-state index < -0.39 is 21.9 Å². The van der Waals surface area contributed by atoms with Crippen molar-refractivity contribution in [3.8, 4) is 6.07 Å². The number of hydrogen-bond acceptors (Lipinski definition) is 5. The number of rotatable bonds is 3. The van der Waals surface area contributed by atoms with Gasteiger partial charge in [-0.3, -0.25) is 0 Å². The molecule has 7 nitrogen and oxygen atoms in total. The lowest BCUT2D eigenvalue weighted by Gasteiger charge is -2.23. The number of nitrogens with zero attached hydrogens (tertiary/aromatic N) is 4. The molecule has 2 aromatic rings. The van der Waals surface area contributed by atoms with Crippen LogP contribution >= 0.6 is 0 Å². The van der Waals surface area contributed by atoms with E-state index in [1.165, 1.54) is 6.33 Å². The van der Waals surface area contributed by atoms with Gasteiger partial charge in [-0.15, -0.1) is 0 Å². The zero-order valence-electron chi connectivity index (χ0n) is 11.4. The van der Waals surface area contributed by atoms with E-state index in [0.29, 0.717) is 18.8 Å². The summed E-state index contributed by atoms with van der Waals surface area (Å²) in [5.41, 5.74) is -0.232. The van der Waals surface area contributed by atoms with Crippen LogP contribution in [0.5, 0.6) is 0 Å². The fourth-order valence-electron chi connectivity index (χ4n) is 2.48. The maximum Gasteiger partial charge on any atom is 0.242 e. The van der Waals surface area contributed by atoms with Gasteiger partial charge in [0.1, 0.15) is 24.0 Å². The van der Waals surface area contributed by atoms with Gasteiger partial charge in [0.05, 0.1) is 16.5 Å². The Balaban J connectivity index is 1.95. The first-order chi connectivity index (χ1) is 10.5. The van der Waals surface area contributed by atoms with E-state index in [-0.39, 0.29) is 10.5 Å². The SMILES string of the molecule is N#Cc1cc(F)ccc1S(=O)(=O)N[C@H]1CCCn2ncnc21. The molecule has 0 unspecified atom stereocenters. The zero-order valence-corrected chi connectivity index (χ0v) is 12.2. The van der Waals surface area contributed by atoms with Gasteiger partial charge in [-0.2, -0.15) is 10.4 Å². The van der Waals surface area contributed by atoms with Gasteiger partial charge < -0.3 is 0 Å². The van der Waals surface area contributed by atoms with Gasteiger partial charge in [-0.1, -0.05) is 0 Å². The predicted molar refractivity (Wildman–Crippen MR) is 73.4 cm³/mol. The topological polar surface area (TPSA) is 101 Å². The normalized spacial score (nSPS) is 17.7. The minimum atomic E-state index is -3.96. The molecule has 0 spiro atoms. The monoisotopic (exact) mass is 321 g/mol. The molecule has 1 aliphatic heterocycles. The summed E-state index contributed by atoms with van der Waals surface area (Å²) in [6, 6.07) is 4.19. The standard InChI is InChI=1S/C13H12FN5O2S/c14-10-3-4-12(9(6-10)7-15)22(20,21)18-11-2-1-5-19-13(11)16-8-17-19/h3-4,6,8,11,18H,1-2,5H2/t11-/m0/s1. The molecule has 0 fully saturated rings. The fraction of sp³-hybridized carbons (Fsp3) is 0.308. The van der Waals surface area contributed by atoms with Crippen molar-refractivity contribution in [3.05, 3.63) is 41.7 Å². The molecule has 1 aromatic carbocycles. The third-order valence-corrected chi connectivity index (χ3v) is 5.00. The summed E-state index contributed by atoms with van der Waals surface area (Å²) in [4.78, 5) is 3.83. The largest absolute Gasteiger partial charge is 0.248 e. The molecule has 0 amide bonds. The fourth-order valence-corrected chi connectivity index (χ4v) is 3.84. The Bertz CT molecular complexity index is 856. The molecule has 0 saturated heterocycles. The molecule has 22 heavy (non-hydrogen) atoms. The van der Waals surface area contributed by atoms with Crippen LogP contribution in [0.15, 0.2) is 29.4 Å². The van der Waals surface area contributed by atoms with E-state index >= 15 is 0 Å². The van der Waals surface area contributed by atoms with Crippen molar-refractivity contribution >= 4 is 10.0 Å². The first-order valence-electron chi connectivity index (χ1n) is 6.61. The van der Waals surface area contributed by atoms with Crippen molar-refractivity contribution in [2.24, 2.45) is 0 Å². The van der Waals surface area contributed by atoms with Gasteiger partial charge in [-0.25, -0.2) is 27.2 Å². The Kier molecular flexibility index (Phi) is 3.64. The van der Waals surface area contributed by atoms with E-state index in [1.54, 1.807) is 10.8 Å². The Hall–Kier alpha value is -2.31. The number of nitriles is 1. The van der Waals surface area contributed by atoms with Crippen LogP contribution < -0.4 is 4.72 Å². The van der Waals surface area contributed by atoms with Gasteiger partial charge in [0, 0.05) is 6.54 Å². The highest BCUT2D eigenvalue weighted by atomic mass is 32.2. The Morgan fingerprint density at radius 3 is 3.05 bits per heavy atom. The van der Waals surface area contributed by atoms with E-state index in [4.69, 9.17) is 5.26 Å². The Morgan fingerprint density at radius 1 is 1.45 bits per heavy atom. The van der Waals surface area contributed by atoms with Crippen molar-refractivity contribution in [2.75, 3.05) is 0 Å². The van der Waals surface area contributed by atoms with Crippen LogP contribution in [-0.2, 0) is 16.6 Å². The average molecular weight is 321 g/mol. The third-order valence-electron chi connectivity index (χ3n) is 3.47. The zero-order chi connectivity index (χ0) is 15.7. The molecule has 9 heteroatoms. The van der Waals surface area contributed by atoms with E-state index in [0.717, 1.165) is 24.6 Å². The number of sulfonamides is 1. The molecule has 2 heterocycles. The summed E-state index contributed by atoms with van der Waals surface area (Å²) < 4.78 is 42.3. The van der Waals surface area contributed by atoms with Crippen LogP contribution in [0.2, 0.25) is 0 Å². The Labute approximate surface area is 126 Å². The Morgan fingerprint density at radius 2 is 2.27 bits per heavy atom. The number of fused-ring (bicyclic) bond motifs is 1. The summed E-state index contributed by atoms with van der Waals surface area (Å²) in [6.45, 7) is 0.688. The minimum Gasteiger partial charge on any atom is -0.248 e. The molecule has 114 valence electrons. The predicted octanol–water partition coefficient (Wildman–Crippen LogP) is 1.10. The van der Waals surface area contributed by atoms with E-state index in [9.17, 15) is 12.8 Å². The number of aryl methyl sites for hydroxylation is 1. The van der Waals surface area contributed by atoms with Crippen molar-refractivity contribution in [1.29, 1.82) is 5.26 Å². The molecule has 0 bridgehead atoms. The summed E-state index contributed by atoms with van der Waals surface area (Å²) in [5, 5.41) is 13.0. The quantitative estimate of drug-likeness (QED) is 0.912. The number of benzene rings is 1. The first-order valence-corrected chi connectivity index (χ1v) is 8.09. The molecule has 1 atom stereocenters. The van der Waals surface area contributed by atoms with Crippen molar-refractivity contribution < 1.29 is 12.8 Å². The van der Waals surface area contributed by atoms with Gasteiger partial charge in [-0.05, 0) is 31.0 Å². The molecular weight excluding hydrogens is 309 g/mol.